The van der Waals surface area contributed by atoms with Crippen LogP contribution in [0.25, 0.3) is 6.08 Å². The molecule has 0 aromatic heterocycles. The number of ether oxygens (including phenoxy) is 1. The number of anilines is 1. The van der Waals surface area contributed by atoms with Crippen LogP contribution in [-0.4, -0.2) is 12.5 Å². The molecule has 3 rings (SSSR count). The molecule has 6 heteroatoms. The molecule has 1 amide bonds. The van der Waals surface area contributed by atoms with E-state index >= 15 is 0 Å². The van der Waals surface area contributed by atoms with E-state index in [0.717, 1.165) is 5.56 Å². The molecule has 0 radical (unpaired) electrons. The number of carbonyl (C=O) groups is 1. The highest BCUT2D eigenvalue weighted by molar-refractivity contribution is 6.31. The minimum Gasteiger partial charge on any atom is -0.494 e. The van der Waals surface area contributed by atoms with Crippen LogP contribution < -0.4 is 10.1 Å². The number of benzene rings is 3. The third kappa shape index (κ3) is 5.75. The summed E-state index contributed by atoms with van der Waals surface area (Å²) in [5, 5.41) is 12.6. The number of nitrogens with zero attached hydrogens (tertiary/aromatic N) is 1. The largest absolute Gasteiger partial charge is 0.494 e. The van der Waals surface area contributed by atoms with Crippen LogP contribution in [0.5, 0.6) is 5.75 Å². The van der Waals surface area contributed by atoms with Crippen LogP contribution >= 0.6 is 11.6 Å². The van der Waals surface area contributed by atoms with Crippen molar-refractivity contribution in [3.05, 3.63) is 99.3 Å². The van der Waals surface area contributed by atoms with E-state index in [2.05, 4.69) is 5.32 Å². The molecule has 0 aliphatic heterocycles. The minimum absolute atomic E-state index is 0.0778. The summed E-state index contributed by atoms with van der Waals surface area (Å²) in [4.78, 5) is 12.6. The van der Waals surface area contributed by atoms with Crippen LogP contribution in [0.1, 0.15) is 29.2 Å². The Morgan fingerprint density at radius 2 is 1.91 bits per heavy atom. The molecule has 0 saturated carbocycles. The van der Waals surface area contributed by atoms with Crippen molar-refractivity contribution in [3.63, 3.8) is 0 Å². The molecule has 1 N–H and O–H groups in total. The number of nitrogens with one attached hydrogen (secondary N) is 1. The maximum absolute atomic E-state index is 14.1. The Labute approximate surface area is 191 Å². The summed E-state index contributed by atoms with van der Waals surface area (Å²) in [5.41, 5.74) is 3.24. The van der Waals surface area contributed by atoms with Crippen LogP contribution in [0.2, 0.25) is 5.02 Å². The summed E-state index contributed by atoms with van der Waals surface area (Å²) in [5.74, 6) is -0.374. The van der Waals surface area contributed by atoms with Gasteiger partial charge in [-0.05, 0) is 61.4 Å². The highest BCUT2D eigenvalue weighted by atomic mass is 35.5. The molecule has 0 spiro atoms. The van der Waals surface area contributed by atoms with Gasteiger partial charge < -0.3 is 10.1 Å². The van der Waals surface area contributed by atoms with E-state index in [1.807, 2.05) is 32.0 Å². The molecule has 0 aliphatic rings. The number of hydrogen-bond acceptors (Lipinski definition) is 3. The fraction of sp³-hybridized carbons (Fsp3) is 0.154. The highest BCUT2D eigenvalue weighted by Crippen LogP contribution is 2.32. The van der Waals surface area contributed by atoms with Gasteiger partial charge in [0.2, 0.25) is 0 Å². The summed E-state index contributed by atoms with van der Waals surface area (Å²) in [6, 6.07) is 19.0. The smallest absolute Gasteiger partial charge is 0.266 e. The van der Waals surface area contributed by atoms with Gasteiger partial charge in [-0.3, -0.25) is 4.79 Å². The number of amides is 1. The maximum atomic E-state index is 14.1. The molecular formula is C26H22ClFN2O2. The molecule has 3 aromatic rings. The van der Waals surface area contributed by atoms with Gasteiger partial charge in [-0.25, -0.2) is 4.39 Å². The van der Waals surface area contributed by atoms with E-state index in [4.69, 9.17) is 16.3 Å². The highest BCUT2D eigenvalue weighted by Gasteiger charge is 2.15. The molecule has 0 fully saturated rings. The van der Waals surface area contributed by atoms with Gasteiger partial charge in [0.25, 0.3) is 5.91 Å². The summed E-state index contributed by atoms with van der Waals surface area (Å²) < 4.78 is 19.9. The maximum Gasteiger partial charge on any atom is 0.266 e. The van der Waals surface area contributed by atoms with Crippen molar-refractivity contribution in [2.75, 3.05) is 11.9 Å². The van der Waals surface area contributed by atoms with Crippen molar-refractivity contribution >= 4 is 29.3 Å². The molecule has 3 aromatic carbocycles. The van der Waals surface area contributed by atoms with Crippen molar-refractivity contribution in [1.29, 1.82) is 5.26 Å². The third-order valence-electron chi connectivity index (χ3n) is 4.79. The van der Waals surface area contributed by atoms with Crippen LogP contribution in [-0.2, 0) is 11.2 Å². The molecule has 0 heterocycles. The van der Waals surface area contributed by atoms with Gasteiger partial charge in [0, 0.05) is 22.7 Å². The second-order valence-corrected chi connectivity index (χ2v) is 7.58. The van der Waals surface area contributed by atoms with Crippen molar-refractivity contribution in [1.82, 2.24) is 0 Å². The normalized spacial score (nSPS) is 11.0. The lowest BCUT2D eigenvalue weighted by atomic mass is 10.0. The summed E-state index contributed by atoms with van der Waals surface area (Å²) in [7, 11) is 0. The van der Waals surface area contributed by atoms with E-state index in [0.29, 0.717) is 39.8 Å². The third-order valence-corrected chi connectivity index (χ3v) is 5.12. The Morgan fingerprint density at radius 1 is 1.19 bits per heavy atom. The van der Waals surface area contributed by atoms with E-state index in [1.54, 1.807) is 42.5 Å². The SMILES string of the molecule is CCOc1cc(/C=C(\C#N)C(=O)Nc2ccc(C)cc2)cc(Cl)c1Cc1ccccc1F. The van der Waals surface area contributed by atoms with Crippen LogP contribution in [0.4, 0.5) is 10.1 Å². The molecular weight excluding hydrogens is 427 g/mol. The Morgan fingerprint density at radius 3 is 2.56 bits per heavy atom. The van der Waals surface area contributed by atoms with E-state index in [9.17, 15) is 14.4 Å². The average molecular weight is 449 g/mol. The van der Waals surface area contributed by atoms with Crippen LogP contribution in [0, 0.1) is 24.1 Å². The van der Waals surface area contributed by atoms with Gasteiger partial charge in [-0.1, -0.05) is 47.5 Å². The van der Waals surface area contributed by atoms with Crippen molar-refractivity contribution in [3.8, 4) is 11.8 Å². The summed E-state index contributed by atoms with van der Waals surface area (Å²) >= 11 is 6.51. The number of hydrogen-bond donors (Lipinski definition) is 1. The van der Waals surface area contributed by atoms with E-state index in [-0.39, 0.29) is 17.8 Å². The predicted molar refractivity (Wildman–Crippen MR) is 125 cm³/mol. The van der Waals surface area contributed by atoms with Gasteiger partial charge in [0.1, 0.15) is 23.2 Å². The van der Waals surface area contributed by atoms with Gasteiger partial charge in [-0.15, -0.1) is 0 Å². The first kappa shape index (κ1) is 23.1. The Kier molecular flexibility index (Phi) is 7.64. The zero-order chi connectivity index (χ0) is 23.1. The zero-order valence-corrected chi connectivity index (χ0v) is 18.5. The standard InChI is InChI=1S/C26H22ClFN2O2/c1-3-32-25-14-18(13-23(27)22(25)15-19-6-4-5-7-24(19)28)12-20(16-29)26(31)30-21-10-8-17(2)9-11-21/h4-14H,3,15H2,1-2H3,(H,30,31)/b20-12+. The molecule has 0 saturated heterocycles. The van der Waals surface area contributed by atoms with Crippen molar-refractivity contribution in [2.45, 2.75) is 20.3 Å². The van der Waals surface area contributed by atoms with Crippen LogP contribution in [0.15, 0.2) is 66.2 Å². The lowest BCUT2D eigenvalue weighted by Gasteiger charge is -2.14. The Hall–Kier alpha value is -3.62. The summed E-state index contributed by atoms with van der Waals surface area (Å²) in [6.07, 6.45) is 1.70. The Balaban J connectivity index is 1.91. The fourth-order valence-corrected chi connectivity index (χ4v) is 3.44. The first-order valence-corrected chi connectivity index (χ1v) is 10.5. The second-order valence-electron chi connectivity index (χ2n) is 7.17. The van der Waals surface area contributed by atoms with Gasteiger partial charge in [0.05, 0.1) is 6.61 Å². The number of rotatable bonds is 7. The lowest BCUT2D eigenvalue weighted by Crippen LogP contribution is -2.13. The van der Waals surface area contributed by atoms with Crippen LogP contribution in [0.3, 0.4) is 0 Å². The topological polar surface area (TPSA) is 62.1 Å². The molecule has 0 aliphatic carbocycles. The first-order valence-electron chi connectivity index (χ1n) is 10.1. The van der Waals surface area contributed by atoms with Crippen molar-refractivity contribution < 1.29 is 13.9 Å². The second kappa shape index (κ2) is 10.6. The lowest BCUT2D eigenvalue weighted by molar-refractivity contribution is -0.112. The monoisotopic (exact) mass is 448 g/mol. The number of nitriles is 1. The summed E-state index contributed by atoms with van der Waals surface area (Å²) in [6.45, 7) is 4.16. The van der Waals surface area contributed by atoms with E-state index in [1.165, 1.54) is 12.1 Å². The Bertz CT molecular complexity index is 1200. The first-order chi connectivity index (χ1) is 15.4. The molecule has 0 atom stereocenters. The molecule has 32 heavy (non-hydrogen) atoms. The molecule has 4 nitrogen and oxygen atoms in total. The zero-order valence-electron chi connectivity index (χ0n) is 17.8. The van der Waals surface area contributed by atoms with Gasteiger partial charge in [0.15, 0.2) is 0 Å². The number of carbonyl (C=O) groups excluding carboxylic acids is 1. The van der Waals surface area contributed by atoms with E-state index < -0.39 is 5.91 Å². The van der Waals surface area contributed by atoms with Crippen molar-refractivity contribution in [2.24, 2.45) is 0 Å². The molecule has 0 bridgehead atoms. The predicted octanol–water partition coefficient (Wildman–Crippen LogP) is 6.32. The molecule has 162 valence electrons. The average Bonchev–Trinajstić information content (AvgIpc) is 2.77. The van der Waals surface area contributed by atoms with Gasteiger partial charge in [-0.2, -0.15) is 5.26 Å². The quantitative estimate of drug-likeness (QED) is 0.339. The minimum atomic E-state index is -0.527. The fourth-order valence-electron chi connectivity index (χ4n) is 3.15. The van der Waals surface area contributed by atoms with Gasteiger partial charge >= 0.3 is 0 Å². The molecule has 0 unspecified atom stereocenters. The number of halogens is 2. The number of aryl methyl sites for hydroxylation is 1.